The lowest BCUT2D eigenvalue weighted by Crippen LogP contribution is -2.46. The molecular weight excluding hydrogens is 316 g/mol. The van der Waals surface area contributed by atoms with Crippen molar-refractivity contribution in [2.75, 3.05) is 12.4 Å². The third-order valence-electron chi connectivity index (χ3n) is 4.80. The predicted octanol–water partition coefficient (Wildman–Crippen LogP) is 4.76. The summed E-state index contributed by atoms with van der Waals surface area (Å²) in [5.41, 5.74) is 3.55. The number of ether oxygens (including phenoxy) is 1. The molecule has 0 saturated heterocycles. The molecule has 0 aliphatic heterocycles. The summed E-state index contributed by atoms with van der Waals surface area (Å²) in [4.78, 5) is 0. The van der Waals surface area contributed by atoms with Gasteiger partial charge in [0, 0.05) is 11.8 Å². The van der Waals surface area contributed by atoms with E-state index in [1.807, 2.05) is 24.3 Å². The molecule has 1 fully saturated rings. The zero-order chi connectivity index (χ0) is 17.0. The third kappa shape index (κ3) is 3.54. The molecule has 3 rings (SSSR count). The molecule has 126 valence electrons. The highest BCUT2D eigenvalue weighted by Crippen LogP contribution is 2.40. The fraction of sp³-hybridized carbons (Fsp3) is 0.350. The van der Waals surface area contributed by atoms with Crippen molar-refractivity contribution >= 4 is 23.0 Å². The highest BCUT2D eigenvalue weighted by molar-refractivity contribution is 7.80. The van der Waals surface area contributed by atoms with E-state index < -0.39 is 0 Å². The molecule has 0 bridgehead atoms. The Bertz CT molecular complexity index is 723. The van der Waals surface area contributed by atoms with Crippen LogP contribution in [-0.4, -0.2) is 12.2 Å². The van der Waals surface area contributed by atoms with Gasteiger partial charge in [-0.2, -0.15) is 0 Å². The topological polar surface area (TPSA) is 33.3 Å². The second kappa shape index (κ2) is 7.22. The Morgan fingerprint density at radius 2 is 1.83 bits per heavy atom. The van der Waals surface area contributed by atoms with Crippen molar-refractivity contribution in [2.24, 2.45) is 0 Å². The molecular formula is C20H24N2OS. The minimum absolute atomic E-state index is 0.0612. The van der Waals surface area contributed by atoms with Crippen LogP contribution in [0.5, 0.6) is 5.75 Å². The van der Waals surface area contributed by atoms with E-state index in [0.717, 1.165) is 24.3 Å². The van der Waals surface area contributed by atoms with E-state index in [1.54, 1.807) is 7.11 Å². The summed E-state index contributed by atoms with van der Waals surface area (Å²) in [5.74, 6) is 0.817. The summed E-state index contributed by atoms with van der Waals surface area (Å²) in [6.45, 7) is 2.18. The van der Waals surface area contributed by atoms with E-state index in [-0.39, 0.29) is 5.54 Å². The molecule has 1 saturated carbocycles. The molecule has 0 heterocycles. The first-order chi connectivity index (χ1) is 11.6. The molecule has 4 heteroatoms. The van der Waals surface area contributed by atoms with Crippen LogP contribution in [0.4, 0.5) is 5.69 Å². The Morgan fingerprint density at radius 1 is 1.08 bits per heavy atom. The summed E-state index contributed by atoms with van der Waals surface area (Å²) >= 11 is 5.60. The largest absolute Gasteiger partial charge is 0.497 e. The molecule has 2 N–H and O–H groups in total. The Labute approximate surface area is 149 Å². The van der Waals surface area contributed by atoms with Gasteiger partial charge >= 0.3 is 0 Å². The van der Waals surface area contributed by atoms with Gasteiger partial charge in [-0.25, -0.2) is 0 Å². The van der Waals surface area contributed by atoms with Crippen molar-refractivity contribution in [3.63, 3.8) is 0 Å². The van der Waals surface area contributed by atoms with Gasteiger partial charge in [-0.3, -0.25) is 0 Å². The van der Waals surface area contributed by atoms with E-state index in [1.165, 1.54) is 24.0 Å². The second-order valence-corrected chi connectivity index (χ2v) is 6.82. The first-order valence-electron chi connectivity index (χ1n) is 8.42. The van der Waals surface area contributed by atoms with E-state index in [0.29, 0.717) is 5.11 Å². The van der Waals surface area contributed by atoms with E-state index >= 15 is 0 Å². The number of hydrogen-bond donors (Lipinski definition) is 2. The van der Waals surface area contributed by atoms with Crippen molar-refractivity contribution in [1.82, 2.24) is 5.32 Å². The van der Waals surface area contributed by atoms with Gasteiger partial charge < -0.3 is 15.4 Å². The fourth-order valence-corrected chi connectivity index (χ4v) is 3.94. The number of hydrogen-bond acceptors (Lipinski definition) is 2. The Hall–Kier alpha value is -2.07. The number of anilines is 1. The molecule has 2 aromatic carbocycles. The number of benzene rings is 2. The van der Waals surface area contributed by atoms with Crippen molar-refractivity contribution in [1.29, 1.82) is 0 Å². The third-order valence-corrected chi connectivity index (χ3v) is 5.00. The molecule has 24 heavy (non-hydrogen) atoms. The number of methoxy groups -OCH3 is 1. The van der Waals surface area contributed by atoms with Gasteiger partial charge in [0.1, 0.15) is 5.75 Å². The fourth-order valence-electron chi connectivity index (χ4n) is 3.63. The average Bonchev–Trinajstić information content (AvgIpc) is 3.04. The van der Waals surface area contributed by atoms with Crippen LogP contribution in [0.3, 0.4) is 0 Å². The zero-order valence-electron chi connectivity index (χ0n) is 14.3. The summed E-state index contributed by atoms with van der Waals surface area (Å²) in [6, 6.07) is 16.4. The highest BCUT2D eigenvalue weighted by Gasteiger charge is 2.37. The maximum Gasteiger partial charge on any atom is 0.171 e. The van der Waals surface area contributed by atoms with Gasteiger partial charge in [0.2, 0.25) is 0 Å². The van der Waals surface area contributed by atoms with E-state index in [9.17, 15) is 0 Å². The number of rotatable bonds is 4. The van der Waals surface area contributed by atoms with Crippen LogP contribution >= 0.6 is 12.2 Å². The predicted molar refractivity (Wildman–Crippen MR) is 104 cm³/mol. The van der Waals surface area contributed by atoms with Crippen molar-refractivity contribution in [3.8, 4) is 5.75 Å². The molecule has 0 unspecified atom stereocenters. The van der Waals surface area contributed by atoms with E-state index in [4.69, 9.17) is 17.0 Å². The van der Waals surface area contributed by atoms with Crippen LogP contribution < -0.4 is 15.4 Å². The van der Waals surface area contributed by atoms with Gasteiger partial charge in [-0.1, -0.05) is 43.2 Å². The summed E-state index contributed by atoms with van der Waals surface area (Å²) in [7, 11) is 1.67. The SMILES string of the molecule is COc1cccc(NC(=S)NC2(c3ccccc3C)CCCC2)c1. The van der Waals surface area contributed by atoms with Crippen LogP contribution in [0, 0.1) is 6.92 Å². The molecule has 0 aromatic heterocycles. The monoisotopic (exact) mass is 340 g/mol. The second-order valence-electron chi connectivity index (χ2n) is 6.42. The van der Waals surface area contributed by atoms with Crippen molar-refractivity contribution in [2.45, 2.75) is 38.1 Å². The van der Waals surface area contributed by atoms with Crippen molar-refractivity contribution < 1.29 is 4.74 Å². The van der Waals surface area contributed by atoms with Crippen molar-refractivity contribution in [3.05, 3.63) is 59.7 Å². The van der Waals surface area contributed by atoms with Gasteiger partial charge in [0.25, 0.3) is 0 Å². The van der Waals surface area contributed by atoms with E-state index in [2.05, 4.69) is 41.8 Å². The first-order valence-corrected chi connectivity index (χ1v) is 8.83. The van der Waals surface area contributed by atoms with Crippen LogP contribution in [-0.2, 0) is 5.54 Å². The lowest BCUT2D eigenvalue weighted by atomic mass is 9.85. The standard InChI is InChI=1S/C20H24N2OS/c1-15-8-3-4-11-18(15)20(12-5-6-13-20)22-19(24)21-16-9-7-10-17(14-16)23-2/h3-4,7-11,14H,5-6,12-13H2,1-2H3,(H2,21,22,24). The number of thiocarbonyl (C=S) groups is 1. The van der Waals surface area contributed by atoms with Gasteiger partial charge in [0.05, 0.1) is 12.6 Å². The van der Waals surface area contributed by atoms with Gasteiger partial charge in [0.15, 0.2) is 5.11 Å². The molecule has 0 spiro atoms. The first kappa shape index (κ1) is 16.8. The zero-order valence-corrected chi connectivity index (χ0v) is 15.1. The lowest BCUT2D eigenvalue weighted by Gasteiger charge is -2.33. The maximum absolute atomic E-state index is 5.60. The average molecular weight is 340 g/mol. The Kier molecular flexibility index (Phi) is 5.05. The van der Waals surface area contributed by atoms with Crippen LogP contribution in [0.15, 0.2) is 48.5 Å². The molecule has 0 radical (unpaired) electrons. The van der Waals surface area contributed by atoms with Crippen LogP contribution in [0.2, 0.25) is 0 Å². The summed E-state index contributed by atoms with van der Waals surface area (Å²) in [6.07, 6.45) is 4.67. The van der Waals surface area contributed by atoms with Gasteiger partial charge in [-0.15, -0.1) is 0 Å². The molecule has 0 atom stereocenters. The smallest absolute Gasteiger partial charge is 0.171 e. The van der Waals surface area contributed by atoms with Crippen LogP contribution in [0.1, 0.15) is 36.8 Å². The minimum atomic E-state index is -0.0612. The number of nitrogens with one attached hydrogen (secondary N) is 2. The maximum atomic E-state index is 5.60. The Morgan fingerprint density at radius 3 is 2.54 bits per heavy atom. The summed E-state index contributed by atoms with van der Waals surface area (Å²) < 4.78 is 5.27. The molecule has 0 amide bonds. The Balaban J connectivity index is 1.78. The quantitative estimate of drug-likeness (QED) is 0.786. The minimum Gasteiger partial charge on any atom is -0.497 e. The highest BCUT2D eigenvalue weighted by atomic mass is 32.1. The van der Waals surface area contributed by atoms with Crippen LogP contribution in [0.25, 0.3) is 0 Å². The lowest BCUT2D eigenvalue weighted by molar-refractivity contribution is 0.406. The normalized spacial score (nSPS) is 15.8. The molecule has 1 aliphatic rings. The number of aryl methyl sites for hydroxylation is 1. The molecule has 3 nitrogen and oxygen atoms in total. The molecule has 2 aromatic rings. The summed E-state index contributed by atoms with van der Waals surface area (Å²) in [5, 5.41) is 7.57. The molecule has 1 aliphatic carbocycles. The van der Waals surface area contributed by atoms with Gasteiger partial charge in [-0.05, 0) is 55.2 Å².